The fourth-order valence-electron chi connectivity index (χ4n) is 2.14. The van der Waals surface area contributed by atoms with Crippen LogP contribution in [0, 0.1) is 0 Å². The van der Waals surface area contributed by atoms with Crippen LogP contribution in [0.4, 0.5) is 0 Å². The first kappa shape index (κ1) is 19.2. The van der Waals surface area contributed by atoms with E-state index in [0.29, 0.717) is 29.2 Å². The number of nitrogens with zero attached hydrogens (tertiary/aromatic N) is 4. The van der Waals surface area contributed by atoms with Crippen molar-refractivity contribution in [2.45, 2.75) is 5.16 Å². The molecule has 2 aromatic heterocycles. The van der Waals surface area contributed by atoms with Gasteiger partial charge in [0.15, 0.2) is 5.82 Å². The van der Waals surface area contributed by atoms with Gasteiger partial charge in [0.2, 0.25) is 11.1 Å². The fraction of sp³-hybridized carbons (Fsp3) is 0.222. The van der Waals surface area contributed by atoms with Gasteiger partial charge in [0.05, 0.1) is 12.3 Å². The van der Waals surface area contributed by atoms with Crippen molar-refractivity contribution in [3.05, 3.63) is 53.8 Å². The molecule has 0 aliphatic carbocycles. The Morgan fingerprint density at radius 1 is 1.22 bits per heavy atom. The van der Waals surface area contributed by atoms with Gasteiger partial charge in [0.25, 0.3) is 0 Å². The van der Waals surface area contributed by atoms with Gasteiger partial charge in [0.1, 0.15) is 12.4 Å². The summed E-state index contributed by atoms with van der Waals surface area (Å²) < 4.78 is 5.60. The van der Waals surface area contributed by atoms with Crippen molar-refractivity contribution in [3.8, 4) is 17.1 Å². The molecule has 1 aromatic carbocycles. The van der Waals surface area contributed by atoms with Crippen molar-refractivity contribution in [1.29, 1.82) is 0 Å². The van der Waals surface area contributed by atoms with Gasteiger partial charge in [-0.15, -0.1) is 5.10 Å². The zero-order valence-corrected chi connectivity index (χ0v) is 16.2. The lowest BCUT2D eigenvalue weighted by Crippen LogP contribution is -2.32. The number of H-pyrrole nitrogens is 1. The van der Waals surface area contributed by atoms with Crippen molar-refractivity contribution >= 4 is 29.3 Å². The number of thioether (sulfide) groups is 1. The van der Waals surface area contributed by atoms with Crippen molar-refractivity contribution in [1.82, 2.24) is 25.1 Å². The van der Waals surface area contributed by atoms with E-state index in [0.717, 1.165) is 11.3 Å². The Labute approximate surface area is 166 Å². The predicted octanol–water partition coefficient (Wildman–Crippen LogP) is 3.15. The van der Waals surface area contributed by atoms with Crippen molar-refractivity contribution in [2.24, 2.45) is 0 Å². The summed E-state index contributed by atoms with van der Waals surface area (Å²) >= 11 is 7.12. The van der Waals surface area contributed by atoms with Crippen LogP contribution in [0.2, 0.25) is 5.02 Å². The number of hydrogen-bond acceptors (Lipinski definition) is 6. The number of pyridine rings is 1. The van der Waals surface area contributed by atoms with Crippen LogP contribution >= 0.6 is 23.4 Å². The average Bonchev–Trinajstić information content (AvgIpc) is 3.17. The van der Waals surface area contributed by atoms with Crippen molar-refractivity contribution in [3.63, 3.8) is 0 Å². The summed E-state index contributed by atoms with van der Waals surface area (Å²) in [6.45, 7) is 0.889. The number of aromatic nitrogens is 4. The third kappa shape index (κ3) is 5.70. The lowest BCUT2D eigenvalue weighted by atomic mass is 10.3. The number of hydrogen-bond donors (Lipinski definition) is 1. The minimum Gasteiger partial charge on any atom is -0.492 e. The number of carbonyl (C=O) groups is 1. The van der Waals surface area contributed by atoms with Crippen LogP contribution in [0.1, 0.15) is 0 Å². The van der Waals surface area contributed by atoms with Gasteiger partial charge < -0.3 is 9.64 Å². The summed E-state index contributed by atoms with van der Waals surface area (Å²) in [7, 11) is 1.74. The number of likely N-dealkylation sites (N-methyl/N-ethyl adjacent to an activating group) is 1. The molecule has 3 aromatic rings. The van der Waals surface area contributed by atoms with E-state index in [1.165, 1.54) is 11.8 Å². The van der Waals surface area contributed by atoms with Gasteiger partial charge in [-0.2, -0.15) is 0 Å². The third-order valence-corrected chi connectivity index (χ3v) is 4.76. The van der Waals surface area contributed by atoms with Crippen LogP contribution < -0.4 is 4.74 Å². The van der Waals surface area contributed by atoms with E-state index in [2.05, 4.69) is 20.2 Å². The summed E-state index contributed by atoms with van der Waals surface area (Å²) in [5, 5.41) is 8.19. The maximum atomic E-state index is 12.2. The molecule has 0 fully saturated rings. The standard InChI is InChI=1S/C18H18ClN5O2S/c1-24(10-11-26-15-4-2-14(19)3-5-15)16(25)12-27-18-21-17(22-23-18)13-6-8-20-9-7-13/h2-9H,10-12H2,1H3,(H,21,22,23). The van der Waals surface area contributed by atoms with Gasteiger partial charge in [-0.05, 0) is 36.4 Å². The lowest BCUT2D eigenvalue weighted by Gasteiger charge is -2.17. The summed E-state index contributed by atoms with van der Waals surface area (Å²) in [5.74, 6) is 1.61. The molecule has 140 valence electrons. The first-order valence-corrected chi connectivity index (χ1v) is 9.56. The van der Waals surface area contributed by atoms with Gasteiger partial charge in [-0.25, -0.2) is 4.98 Å². The quantitative estimate of drug-likeness (QED) is 0.581. The van der Waals surface area contributed by atoms with Crippen LogP contribution in [-0.2, 0) is 4.79 Å². The maximum absolute atomic E-state index is 12.2. The summed E-state index contributed by atoms with van der Waals surface area (Å²) in [6, 6.07) is 10.8. The minimum atomic E-state index is -0.0185. The molecule has 0 spiro atoms. The Bertz CT molecular complexity index is 873. The number of benzene rings is 1. The number of carbonyl (C=O) groups excluding carboxylic acids is 1. The zero-order chi connectivity index (χ0) is 19.1. The third-order valence-electron chi connectivity index (χ3n) is 3.68. The molecule has 9 heteroatoms. The van der Waals surface area contributed by atoms with Crippen LogP contribution in [0.5, 0.6) is 5.75 Å². The molecule has 0 unspecified atom stereocenters. The maximum Gasteiger partial charge on any atom is 0.232 e. The second-order valence-corrected chi connectivity index (χ2v) is 6.99. The van der Waals surface area contributed by atoms with E-state index in [-0.39, 0.29) is 11.7 Å². The Morgan fingerprint density at radius 2 is 1.96 bits per heavy atom. The van der Waals surface area contributed by atoms with E-state index >= 15 is 0 Å². The molecule has 0 saturated heterocycles. The Morgan fingerprint density at radius 3 is 2.70 bits per heavy atom. The molecule has 7 nitrogen and oxygen atoms in total. The fourth-order valence-corrected chi connectivity index (χ4v) is 3.01. The monoisotopic (exact) mass is 403 g/mol. The van der Waals surface area contributed by atoms with Gasteiger partial charge in [-0.3, -0.25) is 14.9 Å². The van der Waals surface area contributed by atoms with Crippen molar-refractivity contribution < 1.29 is 9.53 Å². The average molecular weight is 404 g/mol. The van der Waals surface area contributed by atoms with E-state index in [1.54, 1.807) is 48.6 Å². The number of amides is 1. The van der Waals surface area contributed by atoms with Gasteiger partial charge >= 0.3 is 0 Å². The van der Waals surface area contributed by atoms with Crippen LogP contribution in [0.15, 0.2) is 53.9 Å². The Balaban J connectivity index is 1.42. The molecule has 3 rings (SSSR count). The Kier molecular flexibility index (Phi) is 6.67. The molecular weight excluding hydrogens is 386 g/mol. The molecular formula is C18H18ClN5O2S. The molecule has 0 bridgehead atoms. The second kappa shape index (κ2) is 9.38. The SMILES string of the molecule is CN(CCOc1ccc(Cl)cc1)C(=O)CSc1n[nH]c(-c2ccncc2)n1. The number of nitrogens with one attached hydrogen (secondary N) is 1. The number of rotatable bonds is 8. The smallest absolute Gasteiger partial charge is 0.232 e. The highest BCUT2D eigenvalue weighted by atomic mass is 35.5. The van der Waals surface area contributed by atoms with Gasteiger partial charge in [0, 0.05) is 30.0 Å². The highest BCUT2D eigenvalue weighted by Gasteiger charge is 2.12. The van der Waals surface area contributed by atoms with E-state index < -0.39 is 0 Å². The largest absolute Gasteiger partial charge is 0.492 e. The first-order chi connectivity index (χ1) is 13.1. The molecule has 0 atom stereocenters. The molecule has 2 heterocycles. The number of halogens is 1. The second-order valence-electron chi connectivity index (χ2n) is 5.61. The molecule has 1 amide bonds. The molecule has 0 saturated carbocycles. The lowest BCUT2D eigenvalue weighted by molar-refractivity contribution is -0.127. The zero-order valence-electron chi connectivity index (χ0n) is 14.6. The van der Waals surface area contributed by atoms with Gasteiger partial charge in [-0.1, -0.05) is 23.4 Å². The molecule has 0 radical (unpaired) electrons. The number of ether oxygens (including phenoxy) is 1. The first-order valence-electron chi connectivity index (χ1n) is 8.20. The normalized spacial score (nSPS) is 10.6. The van der Waals surface area contributed by atoms with E-state index in [9.17, 15) is 4.79 Å². The highest BCUT2D eigenvalue weighted by Crippen LogP contribution is 2.19. The topological polar surface area (TPSA) is 84.0 Å². The highest BCUT2D eigenvalue weighted by molar-refractivity contribution is 7.99. The minimum absolute atomic E-state index is 0.0185. The van der Waals surface area contributed by atoms with Crippen LogP contribution in [0.25, 0.3) is 11.4 Å². The summed E-state index contributed by atoms with van der Waals surface area (Å²) in [4.78, 5) is 22.2. The van der Waals surface area contributed by atoms with Crippen LogP contribution in [0.3, 0.4) is 0 Å². The molecule has 0 aliphatic rings. The molecule has 0 aliphatic heterocycles. The van der Waals surface area contributed by atoms with E-state index in [4.69, 9.17) is 16.3 Å². The molecule has 27 heavy (non-hydrogen) atoms. The molecule has 1 N–H and O–H groups in total. The predicted molar refractivity (Wildman–Crippen MR) is 105 cm³/mol. The summed E-state index contributed by atoms with van der Waals surface area (Å²) in [6.07, 6.45) is 3.38. The summed E-state index contributed by atoms with van der Waals surface area (Å²) in [5.41, 5.74) is 0.896. The van der Waals surface area contributed by atoms with Crippen LogP contribution in [-0.4, -0.2) is 56.9 Å². The van der Waals surface area contributed by atoms with E-state index in [1.807, 2.05) is 12.1 Å². The number of aromatic amines is 1. The Hall–Kier alpha value is -2.58. The van der Waals surface area contributed by atoms with Crippen molar-refractivity contribution in [2.75, 3.05) is 26.0 Å².